The summed E-state index contributed by atoms with van der Waals surface area (Å²) in [5.41, 5.74) is -0.774. The SMILES string of the molecule is C[C@@H]1OCC[C@@H]1NC[C@H]1CCc2nc(C(F)(F)F)cn2C1. The molecule has 4 nitrogen and oxygen atoms in total. The number of hydrogen-bond acceptors (Lipinski definition) is 3. The molecule has 3 rings (SSSR count). The molecule has 3 atom stereocenters. The van der Waals surface area contributed by atoms with Gasteiger partial charge in [-0.3, -0.25) is 0 Å². The molecule has 1 aromatic rings. The van der Waals surface area contributed by atoms with Gasteiger partial charge in [0.2, 0.25) is 0 Å². The van der Waals surface area contributed by atoms with Crippen molar-refractivity contribution in [2.75, 3.05) is 13.2 Å². The van der Waals surface area contributed by atoms with Crippen molar-refractivity contribution in [1.82, 2.24) is 14.9 Å². The van der Waals surface area contributed by atoms with Crippen molar-refractivity contribution in [3.63, 3.8) is 0 Å². The quantitative estimate of drug-likeness (QED) is 0.931. The number of aryl methyl sites for hydroxylation is 1. The summed E-state index contributed by atoms with van der Waals surface area (Å²) >= 11 is 0. The molecule has 1 fully saturated rings. The van der Waals surface area contributed by atoms with Crippen LogP contribution in [-0.4, -0.2) is 34.8 Å². The Morgan fingerprint density at radius 3 is 2.90 bits per heavy atom. The predicted molar refractivity (Wildman–Crippen MR) is 70.9 cm³/mol. The fourth-order valence-electron chi connectivity index (χ4n) is 3.14. The highest BCUT2D eigenvalue weighted by Gasteiger charge is 2.36. The highest BCUT2D eigenvalue weighted by Crippen LogP contribution is 2.30. The molecule has 0 radical (unpaired) electrons. The van der Waals surface area contributed by atoms with Crippen LogP contribution in [0.3, 0.4) is 0 Å². The number of rotatable bonds is 3. The van der Waals surface area contributed by atoms with E-state index in [1.165, 1.54) is 0 Å². The molecule has 3 heterocycles. The van der Waals surface area contributed by atoms with Crippen LogP contribution < -0.4 is 5.32 Å². The molecule has 0 aromatic carbocycles. The van der Waals surface area contributed by atoms with Gasteiger partial charge in [-0.2, -0.15) is 13.2 Å². The number of aromatic nitrogens is 2. The van der Waals surface area contributed by atoms with Crippen LogP contribution in [0.5, 0.6) is 0 Å². The van der Waals surface area contributed by atoms with Crippen LogP contribution in [-0.2, 0) is 23.9 Å². The highest BCUT2D eigenvalue weighted by atomic mass is 19.4. The van der Waals surface area contributed by atoms with E-state index in [2.05, 4.69) is 17.2 Å². The molecule has 0 bridgehead atoms. The summed E-state index contributed by atoms with van der Waals surface area (Å²) in [7, 11) is 0. The Morgan fingerprint density at radius 1 is 1.43 bits per heavy atom. The molecule has 1 saturated heterocycles. The minimum atomic E-state index is -4.35. The van der Waals surface area contributed by atoms with Gasteiger partial charge in [0.25, 0.3) is 0 Å². The molecule has 21 heavy (non-hydrogen) atoms. The van der Waals surface area contributed by atoms with Crippen molar-refractivity contribution in [1.29, 1.82) is 0 Å². The second-order valence-electron chi connectivity index (χ2n) is 5.98. The van der Waals surface area contributed by atoms with E-state index in [0.29, 0.717) is 30.7 Å². The number of imidazole rings is 1. The van der Waals surface area contributed by atoms with Crippen molar-refractivity contribution < 1.29 is 17.9 Å². The second-order valence-corrected chi connectivity index (χ2v) is 5.98. The second kappa shape index (κ2) is 5.61. The third kappa shape index (κ3) is 3.23. The van der Waals surface area contributed by atoms with Gasteiger partial charge in [0, 0.05) is 38.4 Å². The maximum atomic E-state index is 12.7. The van der Waals surface area contributed by atoms with Crippen LogP contribution in [0.25, 0.3) is 0 Å². The Labute approximate surface area is 121 Å². The Balaban J connectivity index is 1.58. The van der Waals surface area contributed by atoms with Crippen molar-refractivity contribution >= 4 is 0 Å². The maximum Gasteiger partial charge on any atom is 0.434 e. The van der Waals surface area contributed by atoms with Gasteiger partial charge < -0.3 is 14.6 Å². The average Bonchev–Trinajstić information content (AvgIpc) is 3.01. The van der Waals surface area contributed by atoms with Gasteiger partial charge in [-0.05, 0) is 25.7 Å². The standard InChI is InChI=1S/C14H20F3N3O/c1-9-11(4-5-21-9)18-6-10-2-3-13-19-12(14(15,16)17)8-20(13)7-10/h8-11,18H,2-7H2,1H3/t9-,10+,11-/m0/s1. The number of ether oxygens (including phenoxy) is 1. The van der Waals surface area contributed by atoms with Crippen LogP contribution >= 0.6 is 0 Å². The minimum absolute atomic E-state index is 0.217. The first kappa shape index (κ1) is 14.8. The smallest absolute Gasteiger partial charge is 0.377 e. The van der Waals surface area contributed by atoms with Gasteiger partial charge in [0.1, 0.15) is 5.82 Å². The van der Waals surface area contributed by atoms with Crippen LogP contribution in [0.15, 0.2) is 6.20 Å². The van der Waals surface area contributed by atoms with Crippen LogP contribution in [0, 0.1) is 5.92 Å². The fraction of sp³-hybridized carbons (Fsp3) is 0.786. The number of halogens is 3. The summed E-state index contributed by atoms with van der Waals surface area (Å²) in [6, 6.07) is 0.361. The summed E-state index contributed by atoms with van der Waals surface area (Å²) < 4.78 is 45.2. The van der Waals surface area contributed by atoms with Crippen LogP contribution in [0.2, 0.25) is 0 Å². The molecule has 0 unspecified atom stereocenters. The summed E-state index contributed by atoms with van der Waals surface area (Å²) in [5, 5.41) is 3.49. The lowest BCUT2D eigenvalue weighted by molar-refractivity contribution is -0.141. The molecule has 2 aliphatic rings. The minimum Gasteiger partial charge on any atom is -0.377 e. The number of alkyl halides is 3. The molecule has 1 N–H and O–H groups in total. The van der Waals surface area contributed by atoms with Gasteiger partial charge in [0.05, 0.1) is 6.10 Å². The largest absolute Gasteiger partial charge is 0.434 e. The third-order valence-corrected chi connectivity index (χ3v) is 4.43. The monoisotopic (exact) mass is 303 g/mol. The number of nitrogens with zero attached hydrogens (tertiary/aromatic N) is 2. The summed E-state index contributed by atoms with van der Waals surface area (Å²) in [6.45, 7) is 4.25. The van der Waals surface area contributed by atoms with Crippen molar-refractivity contribution in [3.05, 3.63) is 17.7 Å². The molecular weight excluding hydrogens is 283 g/mol. The molecule has 2 aliphatic heterocycles. The van der Waals surface area contributed by atoms with Gasteiger partial charge >= 0.3 is 6.18 Å². The first-order valence-corrected chi connectivity index (χ1v) is 7.41. The summed E-state index contributed by atoms with van der Waals surface area (Å²) in [4.78, 5) is 3.70. The Hall–Kier alpha value is -1.08. The molecule has 118 valence electrons. The zero-order valence-corrected chi connectivity index (χ0v) is 12.0. The van der Waals surface area contributed by atoms with E-state index in [1.54, 1.807) is 4.57 Å². The van der Waals surface area contributed by atoms with E-state index in [0.717, 1.165) is 32.2 Å². The lowest BCUT2D eigenvalue weighted by Gasteiger charge is -2.26. The molecule has 7 heteroatoms. The zero-order chi connectivity index (χ0) is 15.0. The van der Waals surface area contributed by atoms with E-state index in [-0.39, 0.29) is 6.10 Å². The van der Waals surface area contributed by atoms with E-state index in [4.69, 9.17) is 4.74 Å². The van der Waals surface area contributed by atoms with E-state index in [9.17, 15) is 13.2 Å². The van der Waals surface area contributed by atoms with Gasteiger partial charge in [-0.15, -0.1) is 0 Å². The lowest BCUT2D eigenvalue weighted by Crippen LogP contribution is -2.39. The van der Waals surface area contributed by atoms with Crippen molar-refractivity contribution in [2.45, 2.75) is 51.1 Å². The van der Waals surface area contributed by atoms with E-state index < -0.39 is 11.9 Å². The number of hydrogen-bond donors (Lipinski definition) is 1. The third-order valence-electron chi connectivity index (χ3n) is 4.43. The topological polar surface area (TPSA) is 39.1 Å². The van der Waals surface area contributed by atoms with E-state index in [1.807, 2.05) is 0 Å². The Kier molecular flexibility index (Phi) is 3.96. The lowest BCUT2D eigenvalue weighted by atomic mass is 9.98. The number of fused-ring (bicyclic) bond motifs is 1. The average molecular weight is 303 g/mol. The van der Waals surface area contributed by atoms with Crippen molar-refractivity contribution in [2.24, 2.45) is 5.92 Å². The van der Waals surface area contributed by atoms with Gasteiger partial charge in [0.15, 0.2) is 5.69 Å². The normalized spacial score (nSPS) is 29.6. The number of nitrogens with one attached hydrogen (secondary N) is 1. The zero-order valence-electron chi connectivity index (χ0n) is 12.0. The molecule has 0 spiro atoms. The fourth-order valence-corrected chi connectivity index (χ4v) is 3.14. The first-order valence-electron chi connectivity index (χ1n) is 7.41. The molecular formula is C14H20F3N3O. The highest BCUT2D eigenvalue weighted by molar-refractivity contribution is 5.10. The molecule has 1 aromatic heterocycles. The van der Waals surface area contributed by atoms with Crippen molar-refractivity contribution in [3.8, 4) is 0 Å². The Morgan fingerprint density at radius 2 is 2.24 bits per heavy atom. The van der Waals surface area contributed by atoms with E-state index >= 15 is 0 Å². The van der Waals surface area contributed by atoms with Gasteiger partial charge in [-0.25, -0.2) is 4.98 Å². The molecule has 0 aliphatic carbocycles. The maximum absolute atomic E-state index is 12.7. The van der Waals surface area contributed by atoms with Crippen LogP contribution in [0.4, 0.5) is 13.2 Å². The summed E-state index contributed by atoms with van der Waals surface area (Å²) in [6.07, 6.45) is -0.503. The predicted octanol–water partition coefficient (Wildman–Crippen LogP) is 2.23. The summed E-state index contributed by atoms with van der Waals surface area (Å²) in [5.74, 6) is 0.900. The Bertz CT molecular complexity index is 500. The molecule has 0 amide bonds. The molecule has 0 saturated carbocycles. The van der Waals surface area contributed by atoms with Crippen LogP contribution in [0.1, 0.15) is 31.3 Å². The first-order chi connectivity index (χ1) is 9.93. The van der Waals surface area contributed by atoms with Gasteiger partial charge in [-0.1, -0.05) is 0 Å².